The number of piperidine rings is 1. The monoisotopic (exact) mass is 282 g/mol. The summed E-state index contributed by atoms with van der Waals surface area (Å²) in [5.41, 5.74) is 0. The molecule has 0 aliphatic carbocycles. The molecule has 116 valence electrons. The molecule has 20 heavy (non-hydrogen) atoms. The summed E-state index contributed by atoms with van der Waals surface area (Å²) in [4.78, 5) is 14.7. The Morgan fingerprint density at radius 1 is 1.25 bits per heavy atom. The van der Waals surface area contributed by atoms with Crippen LogP contribution in [-0.2, 0) is 9.53 Å². The summed E-state index contributed by atoms with van der Waals surface area (Å²) in [6.07, 6.45) is 6.92. The molecule has 0 aromatic heterocycles. The van der Waals surface area contributed by atoms with Gasteiger partial charge in [0.25, 0.3) is 0 Å². The number of esters is 1. The second-order valence-electron chi connectivity index (χ2n) is 6.18. The zero-order chi connectivity index (χ0) is 14.5. The maximum Gasteiger partial charge on any atom is 0.323 e. The van der Waals surface area contributed by atoms with Crippen LogP contribution in [-0.4, -0.2) is 48.2 Å². The van der Waals surface area contributed by atoms with Crippen molar-refractivity contribution in [2.75, 3.05) is 13.2 Å². The Hall–Kier alpha value is -0.610. The number of hydrogen-bond donors (Lipinski definition) is 1. The minimum Gasteiger partial charge on any atom is -0.465 e. The summed E-state index contributed by atoms with van der Waals surface area (Å²) >= 11 is 0. The van der Waals surface area contributed by atoms with Crippen LogP contribution in [0.5, 0.6) is 0 Å². The molecule has 4 nitrogen and oxygen atoms in total. The molecule has 0 spiro atoms. The normalized spacial score (nSPS) is 30.5. The lowest BCUT2D eigenvalue weighted by atomic mass is 9.95. The highest BCUT2D eigenvalue weighted by Gasteiger charge is 2.39. The molecule has 2 bridgehead atoms. The molecule has 2 rings (SSSR count). The van der Waals surface area contributed by atoms with Crippen molar-refractivity contribution in [3.63, 3.8) is 0 Å². The van der Waals surface area contributed by atoms with Gasteiger partial charge in [0, 0.05) is 18.1 Å². The van der Waals surface area contributed by atoms with Gasteiger partial charge >= 0.3 is 5.97 Å². The van der Waals surface area contributed by atoms with Gasteiger partial charge in [-0.15, -0.1) is 0 Å². The van der Waals surface area contributed by atoms with Crippen LogP contribution in [0.1, 0.15) is 59.3 Å². The van der Waals surface area contributed by atoms with E-state index in [4.69, 9.17) is 4.74 Å². The fourth-order valence-corrected chi connectivity index (χ4v) is 3.92. The van der Waals surface area contributed by atoms with Crippen molar-refractivity contribution >= 4 is 5.97 Å². The summed E-state index contributed by atoms with van der Waals surface area (Å²) in [5.74, 6) is -0.0330. The maximum atomic E-state index is 12.2. The molecule has 3 unspecified atom stereocenters. The number of carbonyl (C=O) groups is 1. The minimum absolute atomic E-state index is 0.0330. The van der Waals surface area contributed by atoms with Crippen molar-refractivity contribution in [3.05, 3.63) is 0 Å². The zero-order valence-electron chi connectivity index (χ0n) is 13.2. The fourth-order valence-electron chi connectivity index (χ4n) is 3.92. The van der Waals surface area contributed by atoms with Gasteiger partial charge in [-0.25, -0.2) is 0 Å². The molecule has 0 amide bonds. The highest BCUT2D eigenvalue weighted by Crippen LogP contribution is 2.31. The second kappa shape index (κ2) is 7.41. The van der Waals surface area contributed by atoms with Gasteiger partial charge in [-0.2, -0.15) is 0 Å². The van der Waals surface area contributed by atoms with E-state index >= 15 is 0 Å². The first-order chi connectivity index (χ1) is 9.69. The van der Waals surface area contributed by atoms with Crippen molar-refractivity contribution in [3.8, 4) is 0 Å². The number of nitrogens with one attached hydrogen (secondary N) is 1. The Labute approximate surface area is 123 Å². The first-order valence-electron chi connectivity index (χ1n) is 8.37. The lowest BCUT2D eigenvalue weighted by molar-refractivity contribution is -0.151. The SMILES string of the molecule is CCCN(C1CC2CCC(C1)N2)C(CC)C(=O)OCC. The third-order valence-electron chi connectivity index (χ3n) is 4.74. The summed E-state index contributed by atoms with van der Waals surface area (Å²) in [5, 5.41) is 3.69. The largest absolute Gasteiger partial charge is 0.465 e. The third-order valence-corrected chi connectivity index (χ3v) is 4.74. The Morgan fingerprint density at radius 3 is 2.40 bits per heavy atom. The molecule has 2 saturated heterocycles. The predicted molar refractivity (Wildman–Crippen MR) is 80.7 cm³/mol. The molecular formula is C16H30N2O2. The van der Waals surface area contributed by atoms with E-state index in [0.29, 0.717) is 24.7 Å². The Bertz CT molecular complexity index is 310. The van der Waals surface area contributed by atoms with E-state index in [2.05, 4.69) is 24.1 Å². The van der Waals surface area contributed by atoms with Crippen LogP contribution in [0.25, 0.3) is 0 Å². The summed E-state index contributed by atoms with van der Waals surface area (Å²) in [6, 6.07) is 1.82. The van der Waals surface area contributed by atoms with E-state index < -0.39 is 0 Å². The molecule has 4 heteroatoms. The maximum absolute atomic E-state index is 12.2. The van der Waals surface area contributed by atoms with Gasteiger partial charge in [0.05, 0.1) is 6.61 Å². The average molecular weight is 282 g/mol. The lowest BCUT2D eigenvalue weighted by Crippen LogP contribution is -2.54. The molecule has 2 fully saturated rings. The number of ether oxygens (including phenoxy) is 1. The average Bonchev–Trinajstić information content (AvgIpc) is 2.77. The van der Waals surface area contributed by atoms with Gasteiger partial charge < -0.3 is 10.1 Å². The lowest BCUT2D eigenvalue weighted by Gasteiger charge is -2.41. The Balaban J connectivity index is 2.06. The van der Waals surface area contributed by atoms with Crippen LogP contribution in [0.3, 0.4) is 0 Å². The highest BCUT2D eigenvalue weighted by molar-refractivity contribution is 5.75. The predicted octanol–water partition coefficient (Wildman–Crippen LogP) is 2.32. The fraction of sp³-hybridized carbons (Fsp3) is 0.938. The van der Waals surface area contributed by atoms with E-state index in [9.17, 15) is 4.79 Å². The number of fused-ring (bicyclic) bond motifs is 2. The topological polar surface area (TPSA) is 41.6 Å². The van der Waals surface area contributed by atoms with Gasteiger partial charge in [0.2, 0.25) is 0 Å². The number of rotatable bonds is 7. The van der Waals surface area contributed by atoms with Crippen molar-refractivity contribution < 1.29 is 9.53 Å². The zero-order valence-corrected chi connectivity index (χ0v) is 13.2. The van der Waals surface area contributed by atoms with Crippen molar-refractivity contribution in [1.29, 1.82) is 0 Å². The van der Waals surface area contributed by atoms with Crippen molar-refractivity contribution in [2.45, 2.75) is 83.5 Å². The van der Waals surface area contributed by atoms with E-state index in [1.807, 2.05) is 6.92 Å². The number of nitrogens with zero attached hydrogens (tertiary/aromatic N) is 1. The molecule has 2 aliphatic heterocycles. The molecule has 2 aliphatic rings. The van der Waals surface area contributed by atoms with E-state index in [1.165, 1.54) is 25.7 Å². The molecule has 2 heterocycles. The second-order valence-corrected chi connectivity index (χ2v) is 6.18. The van der Waals surface area contributed by atoms with E-state index in [0.717, 1.165) is 19.4 Å². The van der Waals surface area contributed by atoms with Gasteiger partial charge in [-0.1, -0.05) is 13.8 Å². The van der Waals surface area contributed by atoms with Crippen molar-refractivity contribution in [1.82, 2.24) is 10.2 Å². The van der Waals surface area contributed by atoms with Crippen LogP contribution in [0.15, 0.2) is 0 Å². The smallest absolute Gasteiger partial charge is 0.323 e. The highest BCUT2D eigenvalue weighted by atomic mass is 16.5. The van der Waals surface area contributed by atoms with Gasteiger partial charge in [0.1, 0.15) is 6.04 Å². The van der Waals surface area contributed by atoms with Gasteiger partial charge in [-0.3, -0.25) is 9.69 Å². The molecular weight excluding hydrogens is 252 g/mol. The standard InChI is InChI=1S/C16H30N2O2/c1-4-9-18(15(5-2)16(19)20-6-3)14-10-12-7-8-13(11-14)17-12/h12-15,17H,4-11H2,1-3H3. The van der Waals surface area contributed by atoms with E-state index in [1.54, 1.807) is 0 Å². The van der Waals surface area contributed by atoms with Crippen molar-refractivity contribution in [2.24, 2.45) is 0 Å². The molecule has 1 N–H and O–H groups in total. The molecule has 0 saturated carbocycles. The first-order valence-corrected chi connectivity index (χ1v) is 8.37. The summed E-state index contributed by atoms with van der Waals surface area (Å²) in [6.45, 7) is 7.66. The van der Waals surface area contributed by atoms with Crippen LogP contribution < -0.4 is 5.32 Å². The third kappa shape index (κ3) is 3.53. The molecule has 3 atom stereocenters. The van der Waals surface area contributed by atoms with Crippen LogP contribution >= 0.6 is 0 Å². The summed E-state index contributed by atoms with van der Waals surface area (Å²) in [7, 11) is 0. The molecule has 0 radical (unpaired) electrons. The quantitative estimate of drug-likeness (QED) is 0.728. The van der Waals surface area contributed by atoms with Crippen LogP contribution in [0.2, 0.25) is 0 Å². The Kier molecular flexibility index (Phi) is 5.85. The van der Waals surface area contributed by atoms with Crippen LogP contribution in [0, 0.1) is 0 Å². The number of carbonyl (C=O) groups excluding carboxylic acids is 1. The van der Waals surface area contributed by atoms with Gasteiger partial charge in [0.15, 0.2) is 0 Å². The minimum atomic E-state index is -0.0580. The van der Waals surface area contributed by atoms with E-state index in [-0.39, 0.29) is 12.0 Å². The first kappa shape index (κ1) is 15.8. The molecule has 0 aromatic rings. The molecule has 0 aromatic carbocycles. The Morgan fingerprint density at radius 2 is 1.90 bits per heavy atom. The number of hydrogen-bond acceptors (Lipinski definition) is 4. The van der Waals surface area contributed by atoms with Crippen LogP contribution in [0.4, 0.5) is 0 Å². The van der Waals surface area contributed by atoms with Gasteiger partial charge in [-0.05, 0) is 52.0 Å². The summed E-state index contributed by atoms with van der Waals surface area (Å²) < 4.78 is 5.29.